The minimum Gasteiger partial charge on any atom is -0.490 e. The molecule has 5 rings (SSSR count). The highest BCUT2D eigenvalue weighted by Gasteiger charge is 2.29. The summed E-state index contributed by atoms with van der Waals surface area (Å²) in [5.41, 5.74) is 3.89. The number of nitrogens with zero attached hydrogens (tertiary/aromatic N) is 2. The highest BCUT2D eigenvalue weighted by Crippen LogP contribution is 2.36. The Morgan fingerprint density at radius 2 is 1.59 bits per heavy atom. The van der Waals surface area contributed by atoms with Crippen LogP contribution >= 0.6 is 11.6 Å². The van der Waals surface area contributed by atoms with Crippen molar-refractivity contribution in [3.05, 3.63) is 58.6 Å². The zero-order valence-corrected chi connectivity index (χ0v) is 16.5. The first-order valence-electron chi connectivity index (χ1n) is 10.3. The molecule has 0 unspecified atom stereocenters. The molecule has 1 saturated carbocycles. The third-order valence-electron chi connectivity index (χ3n) is 6.47. The predicted molar refractivity (Wildman–Crippen MR) is 111 cm³/mol. The molecule has 0 N–H and O–H groups in total. The van der Waals surface area contributed by atoms with Crippen LogP contribution in [0.5, 0.6) is 5.75 Å². The van der Waals surface area contributed by atoms with Gasteiger partial charge in [0.2, 0.25) is 0 Å². The number of likely N-dealkylation sites (tertiary alicyclic amines) is 1. The molecule has 0 amide bonds. The zero-order chi connectivity index (χ0) is 18.2. The Morgan fingerprint density at radius 3 is 2.19 bits per heavy atom. The largest absolute Gasteiger partial charge is 0.490 e. The summed E-state index contributed by atoms with van der Waals surface area (Å²) in [6.45, 7) is 4.20. The first kappa shape index (κ1) is 17.4. The normalized spacial score (nSPS) is 21.1. The van der Waals surface area contributed by atoms with Gasteiger partial charge in [-0.2, -0.15) is 0 Å². The fraction of sp³-hybridized carbons (Fsp3) is 0.478. The molecular weight excluding hydrogens is 356 g/mol. The standard InChI is InChI=1S/C23H27ClN2O/c24-22-14-21(27-20-10-12-25(13-11-20)19-6-3-7-19)8-9-23(22)26-15-17-4-1-2-5-18(17)16-26/h1-2,4-5,8-9,14,19-20H,3,6-7,10-13,15-16H2. The molecule has 0 radical (unpaired) electrons. The Labute approximate surface area is 166 Å². The van der Waals surface area contributed by atoms with E-state index in [1.165, 1.54) is 43.5 Å². The molecule has 4 heteroatoms. The van der Waals surface area contributed by atoms with Gasteiger partial charge in [-0.25, -0.2) is 0 Å². The molecule has 0 bridgehead atoms. The quantitative estimate of drug-likeness (QED) is 0.717. The first-order chi connectivity index (χ1) is 13.3. The van der Waals surface area contributed by atoms with Crippen molar-refractivity contribution >= 4 is 17.3 Å². The van der Waals surface area contributed by atoms with Gasteiger partial charge >= 0.3 is 0 Å². The van der Waals surface area contributed by atoms with E-state index in [1.54, 1.807) is 0 Å². The average molecular weight is 383 g/mol. The fourth-order valence-electron chi connectivity index (χ4n) is 4.62. The molecule has 2 aromatic rings. The lowest BCUT2D eigenvalue weighted by molar-refractivity contribution is 0.0493. The molecule has 0 spiro atoms. The smallest absolute Gasteiger partial charge is 0.121 e. The van der Waals surface area contributed by atoms with Crippen LogP contribution in [0.3, 0.4) is 0 Å². The number of anilines is 1. The number of halogens is 1. The maximum Gasteiger partial charge on any atom is 0.121 e. The van der Waals surface area contributed by atoms with Crippen molar-refractivity contribution in [1.82, 2.24) is 4.90 Å². The third kappa shape index (κ3) is 3.55. The Kier molecular flexibility index (Phi) is 4.75. The summed E-state index contributed by atoms with van der Waals surface area (Å²) in [5.74, 6) is 0.905. The number of hydrogen-bond acceptors (Lipinski definition) is 3. The number of ether oxygens (including phenoxy) is 1. The number of fused-ring (bicyclic) bond motifs is 1. The zero-order valence-electron chi connectivity index (χ0n) is 15.7. The van der Waals surface area contributed by atoms with Crippen molar-refractivity contribution in [2.45, 2.75) is 57.3 Å². The Balaban J connectivity index is 1.21. The molecule has 2 heterocycles. The fourth-order valence-corrected chi connectivity index (χ4v) is 4.91. The van der Waals surface area contributed by atoms with Crippen LogP contribution in [0.2, 0.25) is 5.02 Å². The molecule has 142 valence electrons. The molecule has 2 aromatic carbocycles. The lowest BCUT2D eigenvalue weighted by atomic mass is 9.90. The Morgan fingerprint density at radius 1 is 0.889 bits per heavy atom. The SMILES string of the molecule is Clc1cc(OC2CCN(C3CCC3)CC2)ccc1N1Cc2ccccc2C1. The van der Waals surface area contributed by atoms with Gasteiger partial charge in [-0.3, -0.25) is 0 Å². The van der Waals surface area contributed by atoms with Crippen molar-refractivity contribution in [2.75, 3.05) is 18.0 Å². The van der Waals surface area contributed by atoms with Crippen LogP contribution in [-0.2, 0) is 13.1 Å². The summed E-state index contributed by atoms with van der Waals surface area (Å²) in [4.78, 5) is 5.00. The number of rotatable bonds is 4. The highest BCUT2D eigenvalue weighted by atomic mass is 35.5. The molecule has 3 aliphatic rings. The van der Waals surface area contributed by atoms with Crippen molar-refractivity contribution in [2.24, 2.45) is 0 Å². The topological polar surface area (TPSA) is 15.7 Å². The van der Waals surface area contributed by atoms with Crippen molar-refractivity contribution in [3.8, 4) is 5.75 Å². The van der Waals surface area contributed by atoms with Gasteiger partial charge in [0, 0.05) is 38.3 Å². The maximum absolute atomic E-state index is 6.63. The number of hydrogen-bond donors (Lipinski definition) is 0. The van der Waals surface area contributed by atoms with Gasteiger partial charge in [0.05, 0.1) is 10.7 Å². The van der Waals surface area contributed by atoms with Crippen LogP contribution < -0.4 is 9.64 Å². The van der Waals surface area contributed by atoms with Crippen LogP contribution in [-0.4, -0.2) is 30.1 Å². The molecule has 0 atom stereocenters. The predicted octanol–water partition coefficient (Wildman–Crippen LogP) is 5.26. The van der Waals surface area contributed by atoms with Crippen LogP contribution in [0.4, 0.5) is 5.69 Å². The molecule has 0 aromatic heterocycles. The van der Waals surface area contributed by atoms with E-state index >= 15 is 0 Å². The number of benzene rings is 2. The summed E-state index contributed by atoms with van der Waals surface area (Å²) < 4.78 is 6.27. The third-order valence-corrected chi connectivity index (χ3v) is 6.77. The second-order valence-electron chi connectivity index (χ2n) is 8.18. The molecular formula is C23H27ClN2O. The van der Waals surface area contributed by atoms with Gasteiger partial charge in [0.15, 0.2) is 0 Å². The van der Waals surface area contributed by atoms with E-state index in [0.29, 0.717) is 6.10 Å². The van der Waals surface area contributed by atoms with Crippen LogP contribution in [0.25, 0.3) is 0 Å². The average Bonchev–Trinajstić information content (AvgIpc) is 3.06. The second kappa shape index (κ2) is 7.37. The van der Waals surface area contributed by atoms with Gasteiger partial charge in [-0.1, -0.05) is 42.3 Å². The van der Waals surface area contributed by atoms with Gasteiger partial charge in [0.25, 0.3) is 0 Å². The van der Waals surface area contributed by atoms with E-state index < -0.39 is 0 Å². The molecule has 2 aliphatic heterocycles. The lowest BCUT2D eigenvalue weighted by Crippen LogP contribution is -2.46. The summed E-state index contributed by atoms with van der Waals surface area (Å²) in [7, 11) is 0. The molecule has 3 nitrogen and oxygen atoms in total. The Bertz CT molecular complexity index is 787. The van der Waals surface area contributed by atoms with Crippen molar-refractivity contribution in [3.63, 3.8) is 0 Å². The van der Waals surface area contributed by atoms with Crippen molar-refractivity contribution in [1.29, 1.82) is 0 Å². The lowest BCUT2D eigenvalue weighted by Gasteiger charge is -2.41. The summed E-state index contributed by atoms with van der Waals surface area (Å²) in [5, 5.41) is 0.784. The van der Waals surface area contributed by atoms with Gasteiger partial charge in [0.1, 0.15) is 11.9 Å². The molecule has 27 heavy (non-hydrogen) atoms. The molecule has 1 aliphatic carbocycles. The number of piperidine rings is 1. The van der Waals surface area contributed by atoms with Gasteiger partial charge in [-0.15, -0.1) is 0 Å². The summed E-state index contributed by atoms with van der Waals surface area (Å²) in [6, 6.07) is 15.7. The molecule has 2 fully saturated rings. The van der Waals surface area contributed by atoms with E-state index in [4.69, 9.17) is 16.3 Å². The second-order valence-corrected chi connectivity index (χ2v) is 8.58. The van der Waals surface area contributed by atoms with Crippen LogP contribution in [0.1, 0.15) is 43.2 Å². The Hall–Kier alpha value is -1.71. The minimum absolute atomic E-state index is 0.319. The highest BCUT2D eigenvalue weighted by molar-refractivity contribution is 6.33. The molecule has 1 saturated heterocycles. The summed E-state index contributed by atoms with van der Waals surface area (Å²) in [6.07, 6.45) is 6.76. The van der Waals surface area contributed by atoms with Crippen molar-refractivity contribution < 1.29 is 4.74 Å². The minimum atomic E-state index is 0.319. The van der Waals surface area contributed by atoms with E-state index in [9.17, 15) is 0 Å². The van der Waals surface area contributed by atoms with E-state index in [0.717, 1.165) is 48.4 Å². The van der Waals surface area contributed by atoms with Gasteiger partial charge in [-0.05, 0) is 48.9 Å². The monoisotopic (exact) mass is 382 g/mol. The van der Waals surface area contributed by atoms with E-state index in [2.05, 4.69) is 46.2 Å². The summed E-state index contributed by atoms with van der Waals surface area (Å²) >= 11 is 6.63. The van der Waals surface area contributed by atoms with E-state index in [-0.39, 0.29) is 0 Å². The van der Waals surface area contributed by atoms with Crippen LogP contribution in [0, 0.1) is 0 Å². The van der Waals surface area contributed by atoms with Crippen LogP contribution in [0.15, 0.2) is 42.5 Å². The van der Waals surface area contributed by atoms with Gasteiger partial charge < -0.3 is 14.5 Å². The van der Waals surface area contributed by atoms with E-state index in [1.807, 2.05) is 6.07 Å². The first-order valence-corrected chi connectivity index (χ1v) is 10.7. The maximum atomic E-state index is 6.63.